The van der Waals surface area contributed by atoms with Crippen LogP contribution in [-0.2, 0) is 6.54 Å². The Bertz CT molecular complexity index is 452. The van der Waals surface area contributed by atoms with Crippen molar-refractivity contribution in [2.24, 2.45) is 5.92 Å². The number of rotatable bonds is 5. The molecule has 0 atom stereocenters. The first kappa shape index (κ1) is 14.4. The molecular formula is C14H23N3OS. The van der Waals surface area contributed by atoms with Crippen LogP contribution in [0.25, 0.3) is 0 Å². The Morgan fingerprint density at radius 2 is 2.11 bits per heavy atom. The summed E-state index contributed by atoms with van der Waals surface area (Å²) in [6, 6.07) is 1.73. The van der Waals surface area contributed by atoms with E-state index in [-0.39, 0.29) is 5.56 Å². The highest BCUT2D eigenvalue weighted by molar-refractivity contribution is 7.80. The van der Waals surface area contributed by atoms with E-state index in [1.54, 1.807) is 10.7 Å². The Hall–Kier alpha value is -0.970. The van der Waals surface area contributed by atoms with E-state index < -0.39 is 0 Å². The van der Waals surface area contributed by atoms with Crippen LogP contribution in [-0.4, -0.2) is 28.6 Å². The molecular weight excluding hydrogens is 258 g/mol. The summed E-state index contributed by atoms with van der Waals surface area (Å²) in [4.78, 5) is 14.3. The highest BCUT2D eigenvalue weighted by Gasteiger charge is 2.16. The molecule has 106 valence electrons. The van der Waals surface area contributed by atoms with Gasteiger partial charge in [-0.15, -0.1) is 0 Å². The van der Waals surface area contributed by atoms with E-state index in [0.717, 1.165) is 43.3 Å². The number of aromatic nitrogens is 2. The molecule has 0 amide bonds. The van der Waals surface area contributed by atoms with Gasteiger partial charge in [0, 0.05) is 25.7 Å². The lowest BCUT2D eigenvalue weighted by Gasteiger charge is -2.31. The van der Waals surface area contributed by atoms with Crippen LogP contribution in [0.15, 0.2) is 17.1 Å². The molecule has 0 radical (unpaired) electrons. The van der Waals surface area contributed by atoms with Crippen LogP contribution < -0.4 is 10.5 Å². The molecule has 0 aliphatic carbocycles. The maximum Gasteiger partial charge on any atom is 0.268 e. The summed E-state index contributed by atoms with van der Waals surface area (Å²) in [7, 11) is 0. The summed E-state index contributed by atoms with van der Waals surface area (Å²) >= 11 is 4.17. The molecule has 4 nitrogen and oxygen atoms in total. The van der Waals surface area contributed by atoms with Gasteiger partial charge < -0.3 is 4.90 Å². The minimum atomic E-state index is 0.00952. The van der Waals surface area contributed by atoms with Crippen molar-refractivity contribution >= 4 is 18.3 Å². The molecule has 1 aliphatic rings. The van der Waals surface area contributed by atoms with Crippen molar-refractivity contribution in [2.45, 2.75) is 39.2 Å². The van der Waals surface area contributed by atoms with Gasteiger partial charge in [0.05, 0.1) is 11.9 Å². The molecule has 0 saturated carbocycles. The Kier molecular flexibility index (Phi) is 5.31. The first-order chi connectivity index (χ1) is 9.20. The lowest BCUT2D eigenvalue weighted by molar-refractivity contribution is 0.437. The van der Waals surface area contributed by atoms with Gasteiger partial charge in [-0.25, -0.2) is 4.68 Å². The molecule has 1 fully saturated rings. The zero-order valence-electron chi connectivity index (χ0n) is 11.6. The van der Waals surface area contributed by atoms with Gasteiger partial charge in [0.2, 0.25) is 0 Å². The topological polar surface area (TPSA) is 38.1 Å². The van der Waals surface area contributed by atoms with Crippen molar-refractivity contribution in [1.82, 2.24) is 9.78 Å². The molecule has 1 saturated heterocycles. The number of thiol groups is 1. The fraction of sp³-hybridized carbons (Fsp3) is 0.714. The maximum absolute atomic E-state index is 12.0. The van der Waals surface area contributed by atoms with Gasteiger partial charge >= 0.3 is 0 Å². The van der Waals surface area contributed by atoms with E-state index in [9.17, 15) is 4.79 Å². The van der Waals surface area contributed by atoms with Crippen LogP contribution in [0.2, 0.25) is 0 Å². The second kappa shape index (κ2) is 6.98. The second-order valence-corrected chi connectivity index (χ2v) is 5.82. The van der Waals surface area contributed by atoms with E-state index in [1.807, 2.05) is 6.20 Å². The number of piperidine rings is 1. The molecule has 0 N–H and O–H groups in total. The van der Waals surface area contributed by atoms with Gasteiger partial charge in [0.25, 0.3) is 5.56 Å². The first-order valence-electron chi connectivity index (χ1n) is 7.13. The van der Waals surface area contributed by atoms with Gasteiger partial charge in [-0.2, -0.15) is 17.7 Å². The highest BCUT2D eigenvalue weighted by Crippen LogP contribution is 2.20. The van der Waals surface area contributed by atoms with Gasteiger partial charge in [-0.3, -0.25) is 4.79 Å². The van der Waals surface area contributed by atoms with E-state index >= 15 is 0 Å². The van der Waals surface area contributed by atoms with Gasteiger partial charge in [-0.05, 0) is 37.4 Å². The minimum absolute atomic E-state index is 0.00952. The van der Waals surface area contributed by atoms with Crippen LogP contribution in [0.3, 0.4) is 0 Å². The standard InChI is InChI=1S/C14H23N3OS/c1-12-4-7-16(8-5-12)13-10-14(18)17(15-11-13)6-2-3-9-19/h10-12,19H,2-9H2,1H3. The van der Waals surface area contributed by atoms with Gasteiger partial charge in [0.15, 0.2) is 0 Å². The summed E-state index contributed by atoms with van der Waals surface area (Å²) in [5.41, 5.74) is 0.984. The number of hydrogen-bond acceptors (Lipinski definition) is 4. The normalized spacial score (nSPS) is 16.8. The number of nitrogens with zero attached hydrogens (tertiary/aromatic N) is 3. The number of aryl methyl sites for hydroxylation is 1. The van der Waals surface area contributed by atoms with E-state index in [0.29, 0.717) is 6.54 Å². The van der Waals surface area contributed by atoms with Crippen molar-refractivity contribution < 1.29 is 0 Å². The third-order valence-electron chi connectivity index (χ3n) is 3.78. The average molecular weight is 281 g/mol. The van der Waals surface area contributed by atoms with Crippen molar-refractivity contribution in [2.75, 3.05) is 23.7 Å². The molecule has 19 heavy (non-hydrogen) atoms. The smallest absolute Gasteiger partial charge is 0.268 e. The predicted molar refractivity (Wildman–Crippen MR) is 82.2 cm³/mol. The predicted octanol–water partition coefficient (Wildman–Crippen LogP) is 2.19. The molecule has 0 spiro atoms. The van der Waals surface area contributed by atoms with Crippen molar-refractivity contribution in [3.8, 4) is 0 Å². The monoisotopic (exact) mass is 281 g/mol. The number of hydrogen-bond donors (Lipinski definition) is 1. The third kappa shape index (κ3) is 4.00. The molecule has 1 aliphatic heterocycles. The van der Waals surface area contributed by atoms with E-state index in [1.165, 1.54) is 12.8 Å². The van der Waals surface area contributed by atoms with E-state index in [2.05, 4.69) is 29.6 Å². The maximum atomic E-state index is 12.0. The molecule has 0 bridgehead atoms. The largest absolute Gasteiger partial charge is 0.370 e. The van der Waals surface area contributed by atoms with Crippen LogP contribution in [0.4, 0.5) is 5.69 Å². The molecule has 2 heterocycles. The third-order valence-corrected chi connectivity index (χ3v) is 4.10. The minimum Gasteiger partial charge on any atom is -0.370 e. The molecule has 1 aromatic rings. The Labute approximate surface area is 120 Å². The summed E-state index contributed by atoms with van der Waals surface area (Å²) < 4.78 is 1.56. The quantitative estimate of drug-likeness (QED) is 0.664. The Morgan fingerprint density at radius 3 is 2.74 bits per heavy atom. The van der Waals surface area contributed by atoms with Gasteiger partial charge in [0.1, 0.15) is 0 Å². The lowest BCUT2D eigenvalue weighted by Crippen LogP contribution is -2.34. The van der Waals surface area contributed by atoms with Crippen LogP contribution in [0.1, 0.15) is 32.6 Å². The summed E-state index contributed by atoms with van der Waals surface area (Å²) in [5.74, 6) is 1.66. The Balaban J connectivity index is 2.00. The lowest BCUT2D eigenvalue weighted by atomic mass is 9.99. The average Bonchev–Trinajstić information content (AvgIpc) is 2.42. The summed E-state index contributed by atoms with van der Waals surface area (Å²) in [6.07, 6.45) is 6.20. The van der Waals surface area contributed by atoms with Crippen molar-refractivity contribution in [3.63, 3.8) is 0 Å². The molecule has 0 unspecified atom stereocenters. The fourth-order valence-corrected chi connectivity index (χ4v) is 2.63. The zero-order chi connectivity index (χ0) is 13.7. The first-order valence-corrected chi connectivity index (χ1v) is 7.77. The van der Waals surface area contributed by atoms with Crippen LogP contribution >= 0.6 is 12.6 Å². The van der Waals surface area contributed by atoms with Gasteiger partial charge in [-0.1, -0.05) is 6.92 Å². The zero-order valence-corrected chi connectivity index (χ0v) is 12.5. The summed E-state index contributed by atoms with van der Waals surface area (Å²) in [5, 5.41) is 4.28. The fourth-order valence-electron chi connectivity index (χ4n) is 2.41. The molecule has 2 rings (SSSR count). The van der Waals surface area contributed by atoms with Crippen LogP contribution in [0.5, 0.6) is 0 Å². The summed E-state index contributed by atoms with van der Waals surface area (Å²) in [6.45, 7) is 5.05. The number of anilines is 1. The number of unbranched alkanes of at least 4 members (excludes halogenated alkanes) is 1. The second-order valence-electron chi connectivity index (χ2n) is 5.38. The SMILES string of the molecule is CC1CCN(c2cnn(CCCCS)c(=O)c2)CC1. The highest BCUT2D eigenvalue weighted by atomic mass is 32.1. The molecule has 1 aromatic heterocycles. The van der Waals surface area contributed by atoms with E-state index in [4.69, 9.17) is 0 Å². The Morgan fingerprint density at radius 1 is 1.37 bits per heavy atom. The van der Waals surface area contributed by atoms with Crippen molar-refractivity contribution in [3.05, 3.63) is 22.6 Å². The molecule has 0 aromatic carbocycles. The molecule has 5 heteroatoms. The van der Waals surface area contributed by atoms with Crippen molar-refractivity contribution in [1.29, 1.82) is 0 Å². The van der Waals surface area contributed by atoms with Crippen LogP contribution in [0, 0.1) is 5.92 Å².